The number of benzene rings is 4. The number of hydrogen-bond donors (Lipinski definition) is 0. The van der Waals surface area contributed by atoms with Crippen LogP contribution in [0.4, 0.5) is 0 Å². The Hall–Kier alpha value is -3.00. The number of ether oxygens (including phenoxy) is 2. The maximum absolute atomic E-state index is 6.04. The van der Waals surface area contributed by atoms with E-state index in [0.29, 0.717) is 0 Å². The van der Waals surface area contributed by atoms with Crippen LogP contribution in [0, 0.1) is 0 Å². The molecule has 0 aromatic heterocycles. The van der Waals surface area contributed by atoms with Crippen molar-refractivity contribution < 1.29 is 9.47 Å². The van der Waals surface area contributed by atoms with E-state index in [4.69, 9.17) is 9.47 Å². The molecule has 0 N–H and O–H groups in total. The summed E-state index contributed by atoms with van der Waals surface area (Å²) >= 11 is 0. The van der Waals surface area contributed by atoms with Gasteiger partial charge in [0.1, 0.15) is 11.5 Å². The zero-order valence-electron chi connectivity index (χ0n) is 18.5. The van der Waals surface area contributed by atoms with Gasteiger partial charge in [-0.1, -0.05) is 75.2 Å². The molecule has 158 valence electrons. The molecule has 0 bridgehead atoms. The average Bonchev–Trinajstić information content (AvgIpc) is 3.00. The highest BCUT2D eigenvalue weighted by Gasteiger charge is 2.22. The molecule has 2 heteroatoms. The van der Waals surface area contributed by atoms with Gasteiger partial charge in [0.2, 0.25) is 6.79 Å². The summed E-state index contributed by atoms with van der Waals surface area (Å²) in [6.45, 7) is 4.72. The van der Waals surface area contributed by atoms with Crippen molar-refractivity contribution in [2.45, 2.75) is 52.4 Å². The van der Waals surface area contributed by atoms with Crippen LogP contribution >= 0.6 is 0 Å². The quantitative estimate of drug-likeness (QED) is 0.320. The highest BCUT2D eigenvalue weighted by atomic mass is 16.7. The highest BCUT2D eigenvalue weighted by molar-refractivity contribution is 6.10. The topological polar surface area (TPSA) is 18.5 Å². The van der Waals surface area contributed by atoms with Crippen LogP contribution in [0.15, 0.2) is 60.7 Å². The third kappa shape index (κ3) is 3.76. The molecule has 5 rings (SSSR count). The SMILES string of the molecule is CCCCc1ccc2c3c(ccc2c1)OCOc1ccc2cc(CCCC)ccc2c1-3. The molecule has 4 aromatic rings. The molecule has 1 aliphatic rings. The second-order valence-corrected chi connectivity index (χ2v) is 8.60. The minimum atomic E-state index is 0.236. The van der Waals surface area contributed by atoms with E-state index in [1.807, 2.05) is 0 Å². The molecule has 31 heavy (non-hydrogen) atoms. The van der Waals surface area contributed by atoms with Crippen LogP contribution in [0.5, 0.6) is 11.5 Å². The summed E-state index contributed by atoms with van der Waals surface area (Å²) in [4.78, 5) is 0. The molecule has 0 spiro atoms. The predicted molar refractivity (Wildman–Crippen MR) is 130 cm³/mol. The Labute approximate surface area is 184 Å². The van der Waals surface area contributed by atoms with E-state index in [1.165, 1.54) is 58.4 Å². The van der Waals surface area contributed by atoms with Crippen LogP contribution in [-0.2, 0) is 12.8 Å². The summed E-state index contributed by atoms with van der Waals surface area (Å²) in [5.41, 5.74) is 5.11. The van der Waals surface area contributed by atoms with Crippen LogP contribution in [0.1, 0.15) is 50.7 Å². The lowest BCUT2D eigenvalue weighted by atomic mass is 9.90. The normalized spacial score (nSPS) is 12.7. The van der Waals surface area contributed by atoms with Crippen molar-refractivity contribution in [1.82, 2.24) is 0 Å². The highest BCUT2D eigenvalue weighted by Crippen LogP contribution is 2.47. The Morgan fingerprint density at radius 3 is 1.55 bits per heavy atom. The minimum absolute atomic E-state index is 0.236. The van der Waals surface area contributed by atoms with Crippen LogP contribution in [0.2, 0.25) is 0 Å². The Kier molecular flexibility index (Phi) is 5.55. The minimum Gasteiger partial charge on any atom is -0.457 e. The van der Waals surface area contributed by atoms with Gasteiger partial charge in [-0.15, -0.1) is 0 Å². The largest absolute Gasteiger partial charge is 0.457 e. The van der Waals surface area contributed by atoms with Crippen LogP contribution in [0.25, 0.3) is 32.7 Å². The van der Waals surface area contributed by atoms with Gasteiger partial charge < -0.3 is 9.47 Å². The Morgan fingerprint density at radius 2 is 1.10 bits per heavy atom. The Bertz CT molecular complexity index is 1140. The van der Waals surface area contributed by atoms with E-state index in [9.17, 15) is 0 Å². The number of unbranched alkanes of at least 4 members (excludes halogenated alkanes) is 2. The smallest absolute Gasteiger partial charge is 0.230 e. The fraction of sp³-hybridized carbons (Fsp3) is 0.310. The zero-order valence-corrected chi connectivity index (χ0v) is 18.5. The molecular weight excluding hydrogens is 380 g/mol. The van der Waals surface area contributed by atoms with Crippen LogP contribution < -0.4 is 9.47 Å². The van der Waals surface area contributed by atoms with Gasteiger partial charge in [0, 0.05) is 11.1 Å². The van der Waals surface area contributed by atoms with E-state index in [0.717, 1.165) is 35.5 Å². The zero-order chi connectivity index (χ0) is 21.2. The first-order valence-corrected chi connectivity index (χ1v) is 11.7. The van der Waals surface area contributed by atoms with Crippen LogP contribution in [0.3, 0.4) is 0 Å². The number of aryl methyl sites for hydroxylation is 2. The van der Waals surface area contributed by atoms with Gasteiger partial charge in [0.05, 0.1) is 0 Å². The van der Waals surface area contributed by atoms with Crippen molar-refractivity contribution in [3.63, 3.8) is 0 Å². The van der Waals surface area contributed by atoms with Crippen molar-refractivity contribution in [2.75, 3.05) is 6.79 Å². The first-order chi connectivity index (χ1) is 15.3. The second-order valence-electron chi connectivity index (χ2n) is 8.60. The van der Waals surface area contributed by atoms with E-state index < -0.39 is 0 Å². The molecule has 4 aromatic carbocycles. The molecule has 0 amide bonds. The molecular formula is C29H30O2. The second kappa shape index (κ2) is 8.63. The fourth-order valence-electron chi connectivity index (χ4n) is 4.70. The molecule has 0 atom stereocenters. The maximum Gasteiger partial charge on any atom is 0.230 e. The van der Waals surface area contributed by atoms with Gasteiger partial charge >= 0.3 is 0 Å². The summed E-state index contributed by atoms with van der Waals surface area (Å²) in [5, 5.41) is 4.99. The summed E-state index contributed by atoms with van der Waals surface area (Å²) in [5.74, 6) is 1.80. The maximum atomic E-state index is 6.04. The van der Waals surface area contributed by atoms with Gasteiger partial charge in [0.25, 0.3) is 0 Å². The fourth-order valence-corrected chi connectivity index (χ4v) is 4.70. The molecule has 1 heterocycles. The first kappa shape index (κ1) is 19.9. The van der Waals surface area contributed by atoms with Crippen molar-refractivity contribution in [3.05, 3.63) is 71.8 Å². The number of fused-ring (bicyclic) bond motifs is 7. The van der Waals surface area contributed by atoms with E-state index in [1.54, 1.807) is 0 Å². The summed E-state index contributed by atoms with van der Waals surface area (Å²) in [7, 11) is 0. The standard InChI is InChI=1S/C29H30O2/c1-3-5-7-20-9-13-24-22(17-20)11-15-26-28(24)29-25-14-10-21(8-6-4-2)18-23(25)12-16-27(29)31-19-30-26/h9-18H,3-8,19H2,1-2H3. The van der Waals surface area contributed by atoms with Gasteiger partial charge in [-0.25, -0.2) is 0 Å². The van der Waals surface area contributed by atoms with Gasteiger partial charge in [-0.2, -0.15) is 0 Å². The number of hydrogen-bond acceptors (Lipinski definition) is 2. The Morgan fingerprint density at radius 1 is 0.613 bits per heavy atom. The molecule has 0 saturated carbocycles. The van der Waals surface area contributed by atoms with E-state index in [2.05, 4.69) is 74.5 Å². The monoisotopic (exact) mass is 410 g/mol. The Balaban J connectivity index is 1.71. The lowest BCUT2D eigenvalue weighted by Crippen LogP contribution is -2.03. The summed E-state index contributed by atoms with van der Waals surface area (Å²) < 4.78 is 12.1. The van der Waals surface area contributed by atoms with Gasteiger partial charge in [-0.3, -0.25) is 0 Å². The third-order valence-electron chi connectivity index (χ3n) is 6.41. The van der Waals surface area contributed by atoms with Crippen molar-refractivity contribution in [2.24, 2.45) is 0 Å². The average molecular weight is 411 g/mol. The molecule has 0 fully saturated rings. The molecule has 0 unspecified atom stereocenters. The predicted octanol–water partition coefficient (Wildman–Crippen LogP) is 8.07. The van der Waals surface area contributed by atoms with E-state index >= 15 is 0 Å². The third-order valence-corrected chi connectivity index (χ3v) is 6.41. The molecule has 2 nitrogen and oxygen atoms in total. The first-order valence-electron chi connectivity index (χ1n) is 11.7. The van der Waals surface area contributed by atoms with E-state index in [-0.39, 0.29) is 6.79 Å². The molecule has 0 radical (unpaired) electrons. The lowest BCUT2D eigenvalue weighted by Gasteiger charge is -2.15. The lowest BCUT2D eigenvalue weighted by molar-refractivity contribution is 0.125. The molecule has 0 aliphatic carbocycles. The van der Waals surface area contributed by atoms with Crippen molar-refractivity contribution in [1.29, 1.82) is 0 Å². The van der Waals surface area contributed by atoms with Gasteiger partial charge in [0.15, 0.2) is 0 Å². The molecule has 0 saturated heterocycles. The van der Waals surface area contributed by atoms with Gasteiger partial charge in [-0.05, 0) is 70.5 Å². The van der Waals surface area contributed by atoms with Crippen molar-refractivity contribution in [3.8, 4) is 22.6 Å². The van der Waals surface area contributed by atoms with Crippen molar-refractivity contribution >= 4 is 21.5 Å². The summed E-state index contributed by atoms with van der Waals surface area (Å²) in [6.07, 6.45) is 7.13. The summed E-state index contributed by atoms with van der Waals surface area (Å²) in [6, 6.07) is 22.3. The number of rotatable bonds is 6. The van der Waals surface area contributed by atoms with Crippen LogP contribution in [-0.4, -0.2) is 6.79 Å². The molecule has 1 aliphatic heterocycles.